The molecule has 1 aromatic carbocycles. The quantitative estimate of drug-likeness (QED) is 0.561. The summed E-state index contributed by atoms with van der Waals surface area (Å²) in [6.45, 7) is 0. The molecule has 0 N–H and O–H groups in total. The predicted molar refractivity (Wildman–Crippen MR) is 65.0 cm³/mol. The van der Waals surface area contributed by atoms with Crippen molar-refractivity contribution in [1.82, 2.24) is 0 Å². The van der Waals surface area contributed by atoms with E-state index in [1.54, 1.807) is 22.3 Å². The van der Waals surface area contributed by atoms with E-state index in [9.17, 15) is 0 Å². The minimum absolute atomic E-state index is 0.768. The van der Waals surface area contributed by atoms with Crippen LogP contribution in [0.2, 0.25) is 0 Å². The lowest BCUT2D eigenvalue weighted by Crippen LogP contribution is -2.02. The summed E-state index contributed by atoms with van der Waals surface area (Å²) in [6, 6.07) is 5.17. The molecule has 0 amide bonds. The zero-order valence-electron chi connectivity index (χ0n) is 9.45. The molecule has 16 heavy (non-hydrogen) atoms. The van der Waals surface area contributed by atoms with Gasteiger partial charge in [0.1, 0.15) is 0 Å². The normalized spacial score (nSPS) is 40.5. The van der Waals surface area contributed by atoms with Crippen LogP contribution in [0.3, 0.4) is 0 Å². The first-order chi connectivity index (χ1) is 7.90. The van der Waals surface area contributed by atoms with Gasteiger partial charge in [-0.3, -0.25) is 0 Å². The molecule has 80 valence electrons. The van der Waals surface area contributed by atoms with Crippen molar-refractivity contribution in [1.29, 1.82) is 0 Å². The maximum atomic E-state index is 2.59. The third kappa shape index (κ3) is 0.773. The Hall–Kier alpha value is -1.04. The van der Waals surface area contributed by atoms with Gasteiger partial charge in [-0.2, -0.15) is 0 Å². The molecule has 0 aliphatic heterocycles. The van der Waals surface area contributed by atoms with Crippen LogP contribution in [0, 0.1) is 0 Å². The Morgan fingerprint density at radius 2 is 1.25 bits per heavy atom. The van der Waals surface area contributed by atoms with Crippen molar-refractivity contribution in [3.05, 3.63) is 46.5 Å². The average Bonchev–Trinajstić information content (AvgIpc) is 3.07. The molecule has 0 heterocycles. The average molecular weight is 208 g/mol. The molecular weight excluding hydrogens is 192 g/mol. The van der Waals surface area contributed by atoms with E-state index in [1.165, 1.54) is 25.7 Å². The molecule has 1 aromatic rings. The van der Waals surface area contributed by atoms with E-state index in [-0.39, 0.29) is 0 Å². The van der Waals surface area contributed by atoms with Gasteiger partial charge >= 0.3 is 0 Å². The second kappa shape index (κ2) is 2.45. The molecule has 0 saturated heterocycles. The van der Waals surface area contributed by atoms with Gasteiger partial charge in [-0.1, -0.05) is 24.3 Å². The lowest BCUT2D eigenvalue weighted by atomic mass is 9.85. The van der Waals surface area contributed by atoms with Crippen molar-refractivity contribution in [3.8, 4) is 0 Å². The van der Waals surface area contributed by atoms with Gasteiger partial charge in [-0.15, -0.1) is 0 Å². The van der Waals surface area contributed by atoms with Crippen molar-refractivity contribution >= 4 is 0 Å². The molecule has 4 bridgehead atoms. The van der Waals surface area contributed by atoms with Crippen LogP contribution in [0.1, 0.15) is 71.6 Å². The molecule has 0 radical (unpaired) electrons. The highest BCUT2D eigenvalue weighted by molar-refractivity contribution is 5.55. The molecule has 4 aliphatic rings. The van der Waals surface area contributed by atoms with Gasteiger partial charge in [0.05, 0.1) is 0 Å². The van der Waals surface area contributed by atoms with Gasteiger partial charge in [-0.25, -0.2) is 0 Å². The van der Waals surface area contributed by atoms with Crippen molar-refractivity contribution < 1.29 is 0 Å². The van der Waals surface area contributed by atoms with E-state index in [4.69, 9.17) is 0 Å². The molecule has 5 rings (SSSR count). The molecule has 1 fully saturated rings. The van der Waals surface area contributed by atoms with Crippen LogP contribution in [0.25, 0.3) is 0 Å². The van der Waals surface area contributed by atoms with Gasteiger partial charge < -0.3 is 0 Å². The lowest BCUT2D eigenvalue weighted by Gasteiger charge is -2.20. The summed E-state index contributed by atoms with van der Waals surface area (Å²) in [5, 5.41) is 0. The molecular formula is C16H16. The number of hydrogen-bond donors (Lipinski definition) is 0. The highest BCUT2D eigenvalue weighted by Gasteiger charge is 2.40. The molecule has 0 nitrogen and oxygen atoms in total. The van der Waals surface area contributed by atoms with Crippen LogP contribution in [0.5, 0.6) is 0 Å². The molecule has 0 unspecified atom stereocenters. The Kier molecular flexibility index (Phi) is 1.24. The summed E-state index contributed by atoms with van der Waals surface area (Å²) in [7, 11) is 0. The fourth-order valence-electron chi connectivity index (χ4n) is 4.72. The Labute approximate surface area is 96.4 Å². The van der Waals surface area contributed by atoms with Gasteiger partial charge in [0.2, 0.25) is 0 Å². The van der Waals surface area contributed by atoms with E-state index >= 15 is 0 Å². The third-order valence-corrected chi connectivity index (χ3v) is 5.48. The van der Waals surface area contributed by atoms with E-state index in [0.29, 0.717) is 0 Å². The molecule has 0 spiro atoms. The summed E-state index contributed by atoms with van der Waals surface area (Å²) in [4.78, 5) is 0. The zero-order valence-corrected chi connectivity index (χ0v) is 9.45. The minimum atomic E-state index is 0.768. The first-order valence-electron chi connectivity index (χ1n) is 6.76. The maximum Gasteiger partial charge on any atom is 0.00300 e. The monoisotopic (exact) mass is 208 g/mol. The van der Waals surface area contributed by atoms with Crippen molar-refractivity contribution in [3.63, 3.8) is 0 Å². The molecule has 1 saturated carbocycles. The lowest BCUT2D eigenvalue weighted by molar-refractivity contribution is 0.715. The summed E-state index contributed by atoms with van der Waals surface area (Å²) >= 11 is 0. The van der Waals surface area contributed by atoms with Crippen LogP contribution in [0.4, 0.5) is 0 Å². The first kappa shape index (κ1) is 8.11. The van der Waals surface area contributed by atoms with Crippen LogP contribution in [0.15, 0.2) is 24.3 Å². The van der Waals surface area contributed by atoms with E-state index in [1.807, 2.05) is 0 Å². The second-order valence-electron chi connectivity index (χ2n) is 6.15. The Balaban J connectivity index is 1.78. The summed E-state index contributed by atoms with van der Waals surface area (Å²) in [5.74, 6) is 3.38. The standard InChI is InChI=1S/C16H16/c1-2-10-5-9(1)13-7-15-11-3-4-12(6-11)16(15)8-14(10)13/h1-2,7-12H,3-6H2/t9-,10+,11+,12-. The number of benzene rings is 1. The number of rotatable bonds is 0. The smallest absolute Gasteiger partial charge is 0.00300 e. The van der Waals surface area contributed by atoms with Gasteiger partial charge in [0.25, 0.3) is 0 Å². The maximum absolute atomic E-state index is 2.59. The number of fused-ring (bicyclic) bond motifs is 10. The van der Waals surface area contributed by atoms with Gasteiger partial charge in [0, 0.05) is 11.8 Å². The van der Waals surface area contributed by atoms with Crippen molar-refractivity contribution in [2.75, 3.05) is 0 Å². The zero-order chi connectivity index (χ0) is 10.3. The SMILES string of the molecule is C1=C[C@H]2C[C@@H]1c1cc3c(cc12)[C@@H]1CC[C@H]3C1. The fraction of sp³-hybridized carbons (Fsp3) is 0.500. The summed E-state index contributed by atoms with van der Waals surface area (Å²) in [5.41, 5.74) is 6.82. The van der Waals surface area contributed by atoms with Crippen LogP contribution in [-0.4, -0.2) is 0 Å². The highest BCUT2D eigenvalue weighted by Crippen LogP contribution is 2.57. The molecule has 4 atom stereocenters. The van der Waals surface area contributed by atoms with E-state index in [2.05, 4.69) is 24.3 Å². The summed E-state index contributed by atoms with van der Waals surface area (Å²) in [6.07, 6.45) is 10.6. The topological polar surface area (TPSA) is 0 Å². The highest BCUT2D eigenvalue weighted by atomic mass is 14.4. The second-order valence-corrected chi connectivity index (χ2v) is 6.15. The Morgan fingerprint density at radius 3 is 1.81 bits per heavy atom. The van der Waals surface area contributed by atoms with Crippen molar-refractivity contribution in [2.24, 2.45) is 0 Å². The van der Waals surface area contributed by atoms with Gasteiger partial charge in [-0.05, 0) is 59.8 Å². The number of hydrogen-bond acceptors (Lipinski definition) is 0. The Bertz CT molecular complexity index is 478. The summed E-state index contributed by atoms with van der Waals surface area (Å²) < 4.78 is 0. The number of allylic oxidation sites excluding steroid dienone is 2. The molecule has 0 aromatic heterocycles. The van der Waals surface area contributed by atoms with Crippen LogP contribution >= 0.6 is 0 Å². The van der Waals surface area contributed by atoms with E-state index < -0.39 is 0 Å². The largest absolute Gasteiger partial charge is 0.0804 e. The first-order valence-corrected chi connectivity index (χ1v) is 6.76. The third-order valence-electron chi connectivity index (χ3n) is 5.48. The van der Waals surface area contributed by atoms with Crippen LogP contribution in [-0.2, 0) is 0 Å². The van der Waals surface area contributed by atoms with Crippen molar-refractivity contribution in [2.45, 2.75) is 49.4 Å². The fourth-order valence-corrected chi connectivity index (χ4v) is 4.72. The Morgan fingerprint density at radius 1 is 0.688 bits per heavy atom. The van der Waals surface area contributed by atoms with E-state index in [0.717, 1.165) is 23.7 Å². The van der Waals surface area contributed by atoms with Crippen LogP contribution < -0.4 is 0 Å². The molecule has 0 heteroatoms. The molecule has 4 aliphatic carbocycles. The minimum Gasteiger partial charge on any atom is -0.0804 e. The van der Waals surface area contributed by atoms with Gasteiger partial charge in [0.15, 0.2) is 0 Å². The predicted octanol–water partition coefficient (Wildman–Crippen LogP) is 4.19.